The van der Waals surface area contributed by atoms with E-state index in [9.17, 15) is 0 Å². The molecular formula is C14H28N2O. The van der Waals surface area contributed by atoms with Gasteiger partial charge in [-0.05, 0) is 44.6 Å². The number of nitrogens with two attached hydrogens (primary N) is 1. The smallest absolute Gasteiger partial charge is 0.0509 e. The van der Waals surface area contributed by atoms with Crippen molar-refractivity contribution in [2.75, 3.05) is 26.3 Å². The van der Waals surface area contributed by atoms with Crippen LogP contribution in [0.5, 0.6) is 0 Å². The first-order chi connectivity index (χ1) is 8.36. The van der Waals surface area contributed by atoms with Crippen molar-refractivity contribution in [1.29, 1.82) is 0 Å². The first kappa shape index (κ1) is 13.3. The molecule has 2 aliphatic rings. The zero-order valence-electron chi connectivity index (χ0n) is 11.2. The van der Waals surface area contributed by atoms with Crippen molar-refractivity contribution < 1.29 is 4.74 Å². The first-order valence-electron chi connectivity index (χ1n) is 7.40. The summed E-state index contributed by atoms with van der Waals surface area (Å²) in [6.07, 6.45) is 7.89. The Bertz CT molecular complexity index is 216. The second-order valence-corrected chi connectivity index (χ2v) is 5.58. The summed E-state index contributed by atoms with van der Waals surface area (Å²) in [5.41, 5.74) is 6.05. The summed E-state index contributed by atoms with van der Waals surface area (Å²) in [5, 5.41) is 0. The van der Waals surface area contributed by atoms with E-state index in [0.29, 0.717) is 12.0 Å². The molecule has 0 aliphatic carbocycles. The quantitative estimate of drug-likeness (QED) is 0.817. The van der Waals surface area contributed by atoms with E-state index >= 15 is 0 Å². The van der Waals surface area contributed by atoms with Crippen LogP contribution in [0.1, 0.15) is 45.4 Å². The van der Waals surface area contributed by atoms with Crippen LogP contribution >= 0.6 is 0 Å². The number of nitrogens with zero attached hydrogens (tertiary/aromatic N) is 1. The molecule has 0 spiro atoms. The Labute approximate surface area is 106 Å². The average molecular weight is 240 g/mol. The third-order valence-electron chi connectivity index (χ3n) is 4.55. The molecular weight excluding hydrogens is 212 g/mol. The Morgan fingerprint density at radius 3 is 2.82 bits per heavy atom. The third-order valence-corrected chi connectivity index (χ3v) is 4.55. The van der Waals surface area contributed by atoms with Gasteiger partial charge in [0.15, 0.2) is 0 Å². The number of ether oxygens (including phenoxy) is 1. The van der Waals surface area contributed by atoms with Crippen LogP contribution in [0.15, 0.2) is 0 Å². The van der Waals surface area contributed by atoms with Crippen molar-refractivity contribution in [2.45, 2.75) is 57.5 Å². The topological polar surface area (TPSA) is 38.5 Å². The number of hydrogen-bond donors (Lipinski definition) is 1. The summed E-state index contributed by atoms with van der Waals surface area (Å²) < 4.78 is 5.64. The van der Waals surface area contributed by atoms with Gasteiger partial charge in [-0.25, -0.2) is 0 Å². The maximum absolute atomic E-state index is 6.05. The fourth-order valence-corrected chi connectivity index (χ4v) is 3.57. The highest BCUT2D eigenvalue weighted by Crippen LogP contribution is 2.28. The normalized spacial score (nSPS) is 33.5. The zero-order chi connectivity index (χ0) is 12.1. The maximum Gasteiger partial charge on any atom is 0.0509 e. The van der Waals surface area contributed by atoms with E-state index in [-0.39, 0.29) is 0 Å². The highest BCUT2D eigenvalue weighted by Gasteiger charge is 2.33. The van der Waals surface area contributed by atoms with Crippen LogP contribution in [0, 0.1) is 5.92 Å². The highest BCUT2D eigenvalue weighted by molar-refractivity contribution is 4.87. The lowest BCUT2D eigenvalue weighted by molar-refractivity contribution is -0.0107. The summed E-state index contributed by atoms with van der Waals surface area (Å²) in [6, 6.07) is 1.32. The molecule has 2 heterocycles. The predicted octanol–water partition coefficient (Wildman–Crippen LogP) is 2.00. The summed E-state index contributed by atoms with van der Waals surface area (Å²) in [5.74, 6) is 0.667. The first-order valence-corrected chi connectivity index (χ1v) is 7.40. The molecule has 0 aromatic carbocycles. The predicted molar refractivity (Wildman–Crippen MR) is 71.0 cm³/mol. The van der Waals surface area contributed by atoms with Gasteiger partial charge in [-0.2, -0.15) is 0 Å². The summed E-state index contributed by atoms with van der Waals surface area (Å²) in [4.78, 5) is 2.70. The molecule has 0 bridgehead atoms. The van der Waals surface area contributed by atoms with Crippen molar-refractivity contribution in [2.24, 2.45) is 11.7 Å². The minimum Gasteiger partial charge on any atom is -0.381 e. The summed E-state index contributed by atoms with van der Waals surface area (Å²) in [7, 11) is 0. The van der Waals surface area contributed by atoms with Gasteiger partial charge in [0.05, 0.1) is 6.61 Å². The van der Waals surface area contributed by atoms with Crippen molar-refractivity contribution in [1.82, 2.24) is 4.90 Å². The monoisotopic (exact) mass is 240 g/mol. The van der Waals surface area contributed by atoms with Crippen LogP contribution in [-0.4, -0.2) is 43.3 Å². The molecule has 0 amide bonds. The number of likely N-dealkylation sites (tertiary alicyclic amines) is 1. The van der Waals surface area contributed by atoms with Gasteiger partial charge < -0.3 is 10.5 Å². The van der Waals surface area contributed by atoms with Gasteiger partial charge in [0.25, 0.3) is 0 Å². The zero-order valence-corrected chi connectivity index (χ0v) is 11.2. The standard InChI is InChI=1S/C14H28N2O/c1-2-13-7-3-4-8-16(13)14(10-15)12-6-5-9-17-11-12/h12-14H,2-11,15H2,1H3. The molecule has 100 valence electrons. The minimum atomic E-state index is 0.556. The third kappa shape index (κ3) is 3.21. The molecule has 0 radical (unpaired) electrons. The van der Waals surface area contributed by atoms with Gasteiger partial charge in [0.1, 0.15) is 0 Å². The second-order valence-electron chi connectivity index (χ2n) is 5.58. The van der Waals surface area contributed by atoms with E-state index in [2.05, 4.69) is 11.8 Å². The summed E-state index contributed by atoms with van der Waals surface area (Å²) >= 11 is 0. The van der Waals surface area contributed by atoms with Crippen LogP contribution in [0.3, 0.4) is 0 Å². The SMILES string of the molecule is CCC1CCCCN1C(CN)C1CCCOC1. The van der Waals surface area contributed by atoms with Crippen molar-refractivity contribution in [3.05, 3.63) is 0 Å². The molecule has 2 fully saturated rings. The van der Waals surface area contributed by atoms with E-state index in [0.717, 1.165) is 25.8 Å². The number of piperidine rings is 1. The summed E-state index contributed by atoms with van der Waals surface area (Å²) in [6.45, 7) is 6.23. The van der Waals surface area contributed by atoms with Crippen molar-refractivity contribution >= 4 is 0 Å². The Morgan fingerprint density at radius 2 is 2.18 bits per heavy atom. The molecule has 0 aromatic heterocycles. The fourth-order valence-electron chi connectivity index (χ4n) is 3.57. The lowest BCUT2D eigenvalue weighted by Gasteiger charge is -2.44. The fraction of sp³-hybridized carbons (Fsp3) is 1.00. The van der Waals surface area contributed by atoms with Gasteiger partial charge in [0.2, 0.25) is 0 Å². The van der Waals surface area contributed by atoms with E-state index in [1.807, 2.05) is 0 Å². The van der Waals surface area contributed by atoms with Gasteiger partial charge in [-0.1, -0.05) is 13.3 Å². The molecule has 2 N–H and O–H groups in total. The molecule has 2 saturated heterocycles. The Balaban J connectivity index is 1.99. The molecule has 0 saturated carbocycles. The second kappa shape index (κ2) is 6.72. The van der Waals surface area contributed by atoms with E-state index < -0.39 is 0 Å². The average Bonchev–Trinajstić information content (AvgIpc) is 2.41. The van der Waals surface area contributed by atoms with E-state index in [1.165, 1.54) is 45.1 Å². The van der Waals surface area contributed by atoms with Crippen molar-refractivity contribution in [3.63, 3.8) is 0 Å². The Kier molecular flexibility index (Phi) is 5.26. The maximum atomic E-state index is 6.05. The van der Waals surface area contributed by atoms with Crippen LogP contribution in [0.4, 0.5) is 0 Å². The van der Waals surface area contributed by atoms with Gasteiger partial charge in [-0.15, -0.1) is 0 Å². The molecule has 3 nitrogen and oxygen atoms in total. The van der Waals surface area contributed by atoms with E-state index in [1.54, 1.807) is 0 Å². The molecule has 0 aromatic rings. The molecule has 2 aliphatic heterocycles. The number of rotatable bonds is 4. The molecule has 17 heavy (non-hydrogen) atoms. The lowest BCUT2D eigenvalue weighted by Crippen LogP contribution is -2.53. The van der Waals surface area contributed by atoms with Crippen LogP contribution < -0.4 is 5.73 Å². The van der Waals surface area contributed by atoms with Crippen molar-refractivity contribution in [3.8, 4) is 0 Å². The minimum absolute atomic E-state index is 0.556. The molecule has 3 atom stereocenters. The van der Waals surface area contributed by atoms with Gasteiger partial charge >= 0.3 is 0 Å². The lowest BCUT2D eigenvalue weighted by atomic mass is 9.88. The van der Waals surface area contributed by atoms with Crippen LogP contribution in [0.2, 0.25) is 0 Å². The molecule has 2 rings (SSSR count). The molecule has 3 heteroatoms. The largest absolute Gasteiger partial charge is 0.381 e. The van der Waals surface area contributed by atoms with E-state index in [4.69, 9.17) is 10.5 Å². The Hall–Kier alpha value is -0.120. The highest BCUT2D eigenvalue weighted by atomic mass is 16.5. The molecule has 3 unspecified atom stereocenters. The Morgan fingerprint density at radius 1 is 1.29 bits per heavy atom. The van der Waals surface area contributed by atoms with Gasteiger partial charge in [0, 0.05) is 25.2 Å². The van der Waals surface area contributed by atoms with Crippen LogP contribution in [0.25, 0.3) is 0 Å². The van der Waals surface area contributed by atoms with Gasteiger partial charge in [-0.3, -0.25) is 4.90 Å². The van der Waals surface area contributed by atoms with Crippen LogP contribution in [-0.2, 0) is 4.74 Å². The number of hydrogen-bond acceptors (Lipinski definition) is 3.